The number of anilines is 3. The van der Waals surface area contributed by atoms with E-state index in [1.807, 2.05) is 0 Å². The first-order valence-electron chi connectivity index (χ1n) is 21.6. The third-order valence-electron chi connectivity index (χ3n) is 12.9. The van der Waals surface area contributed by atoms with Gasteiger partial charge in [-0.05, 0) is 119 Å². The van der Waals surface area contributed by atoms with E-state index in [1.54, 1.807) is 0 Å². The van der Waals surface area contributed by atoms with Crippen molar-refractivity contribution in [2.24, 2.45) is 0 Å². The molecule has 10 aromatic rings. The molecule has 0 unspecified atom stereocenters. The van der Waals surface area contributed by atoms with Crippen LogP contribution in [0.25, 0.3) is 77.5 Å². The molecular formula is C61H45N. The Bertz CT molecular complexity index is 3060. The highest BCUT2D eigenvalue weighted by molar-refractivity contribution is 6.10. The molecule has 0 N–H and O–H groups in total. The molecule has 1 heteroatoms. The lowest BCUT2D eigenvalue weighted by Gasteiger charge is -2.40. The molecule has 0 atom stereocenters. The highest BCUT2D eigenvalue weighted by Gasteiger charge is 2.38. The lowest BCUT2D eigenvalue weighted by Crippen LogP contribution is -2.27. The minimum absolute atomic E-state index is 0.299. The molecule has 10 aromatic carbocycles. The van der Waals surface area contributed by atoms with Crippen molar-refractivity contribution in [2.45, 2.75) is 19.3 Å². The molecule has 11 rings (SSSR count). The van der Waals surface area contributed by atoms with Crippen LogP contribution in [-0.2, 0) is 5.41 Å². The normalized spacial score (nSPS) is 12.5. The predicted octanol–water partition coefficient (Wildman–Crippen LogP) is 17.0. The van der Waals surface area contributed by atoms with Gasteiger partial charge in [0.1, 0.15) is 0 Å². The second kappa shape index (κ2) is 15.4. The van der Waals surface area contributed by atoms with Crippen molar-refractivity contribution in [1.82, 2.24) is 0 Å². The molecule has 0 spiro atoms. The first-order valence-corrected chi connectivity index (χ1v) is 21.6. The summed E-state index contributed by atoms with van der Waals surface area (Å²) in [5.41, 5.74) is 20.5. The van der Waals surface area contributed by atoms with Crippen molar-refractivity contribution in [1.29, 1.82) is 0 Å². The molecule has 0 fully saturated rings. The number of benzene rings is 10. The molecule has 0 aromatic heterocycles. The summed E-state index contributed by atoms with van der Waals surface area (Å²) in [4.78, 5) is 2.47. The molecule has 0 heterocycles. The third kappa shape index (κ3) is 6.51. The average Bonchev–Trinajstić information content (AvgIpc) is 3.34. The fraction of sp³-hybridized carbons (Fsp3) is 0.0492. The fourth-order valence-electron chi connectivity index (χ4n) is 9.77. The number of nitrogens with zero attached hydrogens (tertiary/aromatic N) is 1. The molecule has 0 amide bonds. The summed E-state index contributed by atoms with van der Waals surface area (Å²) in [5, 5.41) is 2.62. The Kier molecular flexibility index (Phi) is 9.24. The van der Waals surface area contributed by atoms with Crippen LogP contribution in [0.4, 0.5) is 17.1 Å². The summed E-state index contributed by atoms with van der Waals surface area (Å²) in [6.07, 6.45) is 0. The van der Waals surface area contributed by atoms with E-state index < -0.39 is 0 Å². The van der Waals surface area contributed by atoms with Gasteiger partial charge in [0.15, 0.2) is 0 Å². The highest BCUT2D eigenvalue weighted by atomic mass is 15.1. The molecule has 294 valence electrons. The third-order valence-corrected chi connectivity index (χ3v) is 12.9. The van der Waals surface area contributed by atoms with Gasteiger partial charge in [0, 0.05) is 16.8 Å². The summed E-state index contributed by atoms with van der Waals surface area (Å²) >= 11 is 0. The summed E-state index contributed by atoms with van der Waals surface area (Å²) < 4.78 is 0. The van der Waals surface area contributed by atoms with Crippen molar-refractivity contribution in [3.8, 4) is 66.8 Å². The van der Waals surface area contributed by atoms with Gasteiger partial charge in [0.2, 0.25) is 0 Å². The quantitative estimate of drug-likeness (QED) is 0.148. The van der Waals surface area contributed by atoms with Gasteiger partial charge in [0.05, 0.1) is 5.69 Å². The molecule has 0 bridgehead atoms. The molecule has 0 saturated heterocycles. The maximum absolute atomic E-state index is 2.47. The van der Waals surface area contributed by atoms with Crippen LogP contribution >= 0.6 is 0 Å². The summed E-state index contributed by atoms with van der Waals surface area (Å²) in [6, 6.07) is 86.5. The molecule has 62 heavy (non-hydrogen) atoms. The molecule has 0 aliphatic heterocycles. The molecular weight excluding hydrogens is 747 g/mol. The van der Waals surface area contributed by atoms with E-state index in [1.165, 1.54) is 94.3 Å². The first kappa shape index (κ1) is 37.3. The zero-order valence-corrected chi connectivity index (χ0v) is 35.0. The Morgan fingerprint density at radius 2 is 0.710 bits per heavy atom. The van der Waals surface area contributed by atoms with Gasteiger partial charge in [-0.25, -0.2) is 0 Å². The lowest BCUT2D eigenvalue weighted by molar-refractivity contribution is 0.646. The second-order valence-electron chi connectivity index (χ2n) is 16.9. The van der Waals surface area contributed by atoms with Crippen molar-refractivity contribution in [2.75, 3.05) is 4.90 Å². The number of hydrogen-bond acceptors (Lipinski definition) is 1. The van der Waals surface area contributed by atoms with E-state index in [-0.39, 0.29) is 5.41 Å². The van der Waals surface area contributed by atoms with Crippen LogP contribution in [0.2, 0.25) is 0 Å². The summed E-state index contributed by atoms with van der Waals surface area (Å²) in [5.74, 6) is 0. The van der Waals surface area contributed by atoms with E-state index in [2.05, 4.69) is 255 Å². The fourth-order valence-corrected chi connectivity index (χ4v) is 9.77. The van der Waals surface area contributed by atoms with E-state index >= 15 is 0 Å². The van der Waals surface area contributed by atoms with Crippen LogP contribution in [-0.4, -0.2) is 0 Å². The standard InChI is InChI=1S/C61H45N/c1-61(2)56-22-12-20-51-36-41-54(50-18-10-5-11-19-50)59(58(51)56)55-21-13-23-57(60(55)61)62(52-37-32-48(33-38-52)46-28-24-44(25-29-46)42-14-6-3-7-15-42)53-39-34-49(35-40-53)47-30-26-45(27-31-47)43-16-8-4-9-17-43/h3-41H,1-2H3. The Morgan fingerprint density at radius 3 is 1.18 bits per heavy atom. The molecule has 0 saturated carbocycles. The van der Waals surface area contributed by atoms with E-state index in [0.717, 1.165) is 11.4 Å². The highest BCUT2D eigenvalue weighted by Crippen LogP contribution is 2.56. The second-order valence-corrected chi connectivity index (χ2v) is 16.9. The topological polar surface area (TPSA) is 3.24 Å². The van der Waals surface area contributed by atoms with E-state index in [9.17, 15) is 0 Å². The van der Waals surface area contributed by atoms with Crippen LogP contribution in [0.15, 0.2) is 237 Å². The monoisotopic (exact) mass is 791 g/mol. The van der Waals surface area contributed by atoms with Crippen molar-refractivity contribution in [3.63, 3.8) is 0 Å². The van der Waals surface area contributed by atoms with Crippen LogP contribution in [0, 0.1) is 0 Å². The minimum Gasteiger partial charge on any atom is -0.310 e. The smallest absolute Gasteiger partial charge is 0.0508 e. The van der Waals surface area contributed by atoms with Crippen LogP contribution < -0.4 is 4.90 Å². The van der Waals surface area contributed by atoms with Gasteiger partial charge in [0.25, 0.3) is 0 Å². The number of fused-ring (bicyclic) bond motifs is 2. The minimum atomic E-state index is -0.299. The van der Waals surface area contributed by atoms with Crippen LogP contribution in [0.3, 0.4) is 0 Å². The van der Waals surface area contributed by atoms with Gasteiger partial charge >= 0.3 is 0 Å². The average molecular weight is 792 g/mol. The Balaban J connectivity index is 1.05. The number of rotatable bonds is 8. The van der Waals surface area contributed by atoms with Gasteiger partial charge in [-0.3, -0.25) is 0 Å². The van der Waals surface area contributed by atoms with Gasteiger partial charge < -0.3 is 4.90 Å². The predicted molar refractivity (Wildman–Crippen MR) is 263 cm³/mol. The molecule has 1 aliphatic rings. The Hall–Kier alpha value is -7.74. The zero-order valence-electron chi connectivity index (χ0n) is 35.0. The van der Waals surface area contributed by atoms with E-state index in [4.69, 9.17) is 0 Å². The van der Waals surface area contributed by atoms with E-state index in [0.29, 0.717) is 0 Å². The number of hydrogen-bond donors (Lipinski definition) is 0. The summed E-state index contributed by atoms with van der Waals surface area (Å²) in [6.45, 7) is 4.82. The molecule has 1 aliphatic carbocycles. The maximum Gasteiger partial charge on any atom is 0.0508 e. The first-order chi connectivity index (χ1) is 30.5. The maximum atomic E-state index is 2.47. The van der Waals surface area contributed by atoms with Crippen LogP contribution in [0.5, 0.6) is 0 Å². The van der Waals surface area contributed by atoms with Crippen LogP contribution in [0.1, 0.15) is 25.0 Å². The zero-order chi connectivity index (χ0) is 41.6. The summed E-state index contributed by atoms with van der Waals surface area (Å²) in [7, 11) is 0. The van der Waals surface area contributed by atoms with Gasteiger partial charge in [-0.2, -0.15) is 0 Å². The van der Waals surface area contributed by atoms with Crippen molar-refractivity contribution >= 4 is 27.8 Å². The van der Waals surface area contributed by atoms with Gasteiger partial charge in [-0.15, -0.1) is 0 Å². The molecule has 1 nitrogen and oxygen atoms in total. The molecule has 0 radical (unpaired) electrons. The van der Waals surface area contributed by atoms with Crippen molar-refractivity contribution < 1.29 is 0 Å². The Morgan fingerprint density at radius 1 is 0.306 bits per heavy atom. The lowest BCUT2D eigenvalue weighted by atomic mass is 9.66. The van der Waals surface area contributed by atoms with Gasteiger partial charge in [-0.1, -0.05) is 220 Å². The Labute approximate surface area is 364 Å². The largest absolute Gasteiger partial charge is 0.310 e. The SMILES string of the molecule is CC1(C)c2c(cccc2N(c2ccc(-c3ccc(-c4ccccc4)cc3)cc2)c2ccc(-c3ccc(-c4ccccc4)cc3)cc2)-c2c(-c3ccccc3)ccc3cccc1c23. The van der Waals surface area contributed by atoms with Crippen molar-refractivity contribution in [3.05, 3.63) is 248 Å².